The summed E-state index contributed by atoms with van der Waals surface area (Å²) in [4.78, 5) is 2.45. The third-order valence-electron chi connectivity index (χ3n) is 4.28. The number of piperidine rings is 1. The lowest BCUT2D eigenvalue weighted by Crippen LogP contribution is -2.35. The van der Waals surface area contributed by atoms with Gasteiger partial charge in [-0.15, -0.1) is 0 Å². The highest BCUT2D eigenvalue weighted by molar-refractivity contribution is 7.86. The molecule has 5 heteroatoms. The van der Waals surface area contributed by atoms with Crippen LogP contribution in [-0.4, -0.2) is 39.6 Å². The summed E-state index contributed by atoms with van der Waals surface area (Å²) in [6.07, 6.45) is 2.37. The lowest BCUT2D eigenvalue weighted by molar-refractivity contribution is 0.120. The van der Waals surface area contributed by atoms with Crippen LogP contribution in [0.3, 0.4) is 0 Å². The molecule has 1 atom stereocenters. The summed E-state index contributed by atoms with van der Waals surface area (Å²) in [7, 11) is -1.61. The van der Waals surface area contributed by atoms with Gasteiger partial charge in [-0.3, -0.25) is 4.18 Å². The quantitative estimate of drug-likeness (QED) is 0.784. The second kappa shape index (κ2) is 6.90. The summed E-state index contributed by atoms with van der Waals surface area (Å²) in [5.74, 6) is 0.441. The summed E-state index contributed by atoms with van der Waals surface area (Å²) in [6.45, 7) is 6.03. The fourth-order valence-corrected chi connectivity index (χ4v) is 3.65. The molecular formula is C16H25NO3S. The molecule has 21 heavy (non-hydrogen) atoms. The number of hydrogen-bond donors (Lipinski definition) is 0. The van der Waals surface area contributed by atoms with Gasteiger partial charge in [0.1, 0.15) is 0 Å². The van der Waals surface area contributed by atoms with E-state index in [1.54, 1.807) is 12.1 Å². The maximum atomic E-state index is 12.3. The Hall–Kier alpha value is -0.910. The van der Waals surface area contributed by atoms with Gasteiger partial charge < -0.3 is 4.90 Å². The van der Waals surface area contributed by atoms with Gasteiger partial charge in [0.25, 0.3) is 10.1 Å². The van der Waals surface area contributed by atoms with Gasteiger partial charge in [-0.25, -0.2) is 0 Å². The van der Waals surface area contributed by atoms with Crippen LogP contribution < -0.4 is 0 Å². The fraction of sp³-hybridized carbons (Fsp3) is 0.625. The van der Waals surface area contributed by atoms with Crippen molar-refractivity contribution in [2.45, 2.75) is 50.0 Å². The lowest BCUT2D eigenvalue weighted by atomic mass is 9.99. The van der Waals surface area contributed by atoms with Gasteiger partial charge in [0, 0.05) is 13.1 Å². The van der Waals surface area contributed by atoms with E-state index < -0.39 is 10.1 Å². The molecule has 0 aliphatic carbocycles. The Labute approximate surface area is 128 Å². The molecule has 0 spiro atoms. The van der Waals surface area contributed by atoms with E-state index in [1.165, 1.54) is 0 Å². The molecule has 0 saturated carbocycles. The summed E-state index contributed by atoms with van der Waals surface area (Å²) < 4.78 is 30.0. The number of nitrogens with zero attached hydrogens (tertiary/aromatic N) is 1. The van der Waals surface area contributed by atoms with Crippen LogP contribution in [0, 0.1) is 0 Å². The molecule has 0 N–H and O–H groups in total. The van der Waals surface area contributed by atoms with Crippen molar-refractivity contribution < 1.29 is 12.6 Å². The zero-order valence-corrected chi connectivity index (χ0v) is 13.9. The van der Waals surface area contributed by atoms with E-state index in [-0.39, 0.29) is 11.0 Å². The van der Waals surface area contributed by atoms with E-state index in [0.29, 0.717) is 5.92 Å². The fourth-order valence-electron chi connectivity index (χ4n) is 2.51. The van der Waals surface area contributed by atoms with E-state index in [4.69, 9.17) is 4.18 Å². The first-order valence-electron chi connectivity index (χ1n) is 7.64. The minimum Gasteiger partial charge on any atom is -0.306 e. The Morgan fingerprint density at radius 3 is 2.33 bits per heavy atom. The van der Waals surface area contributed by atoms with Crippen molar-refractivity contribution in [2.75, 3.05) is 20.1 Å². The number of hydrogen-bond acceptors (Lipinski definition) is 4. The topological polar surface area (TPSA) is 46.6 Å². The van der Waals surface area contributed by atoms with E-state index in [1.807, 2.05) is 19.2 Å². The Balaban J connectivity index is 2.05. The van der Waals surface area contributed by atoms with Gasteiger partial charge in [0.2, 0.25) is 0 Å². The molecule has 1 aromatic carbocycles. The molecule has 1 aromatic rings. The number of likely N-dealkylation sites (tertiary alicyclic amines) is 1. The molecule has 1 heterocycles. The highest BCUT2D eigenvalue weighted by atomic mass is 32.2. The zero-order chi connectivity index (χ0) is 15.5. The van der Waals surface area contributed by atoms with Crippen LogP contribution >= 0.6 is 0 Å². The standard InChI is InChI=1S/C16H25NO3S/c1-4-13(2)14-5-7-16(8-6-14)21(18,19)20-15-9-11-17(3)12-10-15/h5-8,13,15H,4,9-12H2,1-3H3. The van der Waals surface area contributed by atoms with Crippen LogP contribution in [0.2, 0.25) is 0 Å². The maximum absolute atomic E-state index is 12.3. The molecule has 0 radical (unpaired) electrons. The molecule has 2 rings (SSSR count). The Bertz CT molecular complexity index is 545. The SMILES string of the molecule is CCC(C)c1ccc(S(=O)(=O)OC2CCN(C)CC2)cc1. The van der Waals surface area contributed by atoms with Crippen LogP contribution in [0.1, 0.15) is 44.6 Å². The van der Waals surface area contributed by atoms with Gasteiger partial charge >= 0.3 is 0 Å². The second-order valence-corrected chi connectivity index (χ2v) is 7.50. The monoisotopic (exact) mass is 311 g/mol. The van der Waals surface area contributed by atoms with Crippen molar-refractivity contribution in [3.63, 3.8) is 0 Å². The van der Waals surface area contributed by atoms with Crippen molar-refractivity contribution >= 4 is 10.1 Å². The van der Waals surface area contributed by atoms with Crippen LogP contribution in [0.15, 0.2) is 29.2 Å². The maximum Gasteiger partial charge on any atom is 0.297 e. The van der Waals surface area contributed by atoms with Gasteiger partial charge in [-0.05, 0) is 49.9 Å². The second-order valence-electron chi connectivity index (χ2n) is 5.93. The van der Waals surface area contributed by atoms with E-state index >= 15 is 0 Å². The highest BCUT2D eigenvalue weighted by Gasteiger charge is 2.25. The Kier molecular flexibility index (Phi) is 5.41. The summed E-state index contributed by atoms with van der Waals surface area (Å²) >= 11 is 0. The molecule has 1 aliphatic rings. The average Bonchev–Trinajstić information content (AvgIpc) is 2.49. The van der Waals surface area contributed by atoms with E-state index in [2.05, 4.69) is 18.7 Å². The summed E-state index contributed by atoms with van der Waals surface area (Å²) in [6, 6.07) is 7.09. The molecular weight excluding hydrogens is 286 g/mol. The minimum atomic E-state index is -3.65. The first-order chi connectivity index (χ1) is 9.92. The van der Waals surface area contributed by atoms with Crippen molar-refractivity contribution in [3.05, 3.63) is 29.8 Å². The molecule has 1 aliphatic heterocycles. The van der Waals surface area contributed by atoms with Crippen LogP contribution in [0.25, 0.3) is 0 Å². The molecule has 1 fully saturated rings. The third-order valence-corrected chi connectivity index (χ3v) is 5.65. The summed E-state index contributed by atoms with van der Waals surface area (Å²) in [5, 5.41) is 0. The normalized spacial score (nSPS) is 19.6. The van der Waals surface area contributed by atoms with Gasteiger partial charge in [0.15, 0.2) is 0 Å². The first kappa shape index (κ1) is 16.5. The lowest BCUT2D eigenvalue weighted by Gasteiger charge is -2.28. The smallest absolute Gasteiger partial charge is 0.297 e. The number of benzene rings is 1. The first-order valence-corrected chi connectivity index (χ1v) is 9.05. The predicted octanol–water partition coefficient (Wildman–Crippen LogP) is 3.00. The van der Waals surface area contributed by atoms with Gasteiger partial charge in [-0.2, -0.15) is 8.42 Å². The van der Waals surface area contributed by atoms with Gasteiger partial charge in [-0.1, -0.05) is 26.0 Å². The molecule has 118 valence electrons. The van der Waals surface area contributed by atoms with Crippen LogP contribution in [0.4, 0.5) is 0 Å². The van der Waals surface area contributed by atoms with Gasteiger partial charge in [0.05, 0.1) is 11.0 Å². The van der Waals surface area contributed by atoms with E-state index in [0.717, 1.165) is 37.9 Å². The van der Waals surface area contributed by atoms with Crippen LogP contribution in [0.5, 0.6) is 0 Å². The van der Waals surface area contributed by atoms with Crippen molar-refractivity contribution in [3.8, 4) is 0 Å². The largest absolute Gasteiger partial charge is 0.306 e. The molecule has 4 nitrogen and oxygen atoms in total. The highest BCUT2D eigenvalue weighted by Crippen LogP contribution is 2.23. The molecule has 0 aromatic heterocycles. The Morgan fingerprint density at radius 1 is 1.24 bits per heavy atom. The van der Waals surface area contributed by atoms with E-state index in [9.17, 15) is 8.42 Å². The third kappa shape index (κ3) is 4.28. The van der Waals surface area contributed by atoms with Crippen molar-refractivity contribution in [1.82, 2.24) is 4.90 Å². The average molecular weight is 311 g/mol. The van der Waals surface area contributed by atoms with Crippen LogP contribution in [-0.2, 0) is 14.3 Å². The molecule has 0 amide bonds. The van der Waals surface area contributed by atoms with Crippen molar-refractivity contribution in [2.24, 2.45) is 0 Å². The summed E-state index contributed by atoms with van der Waals surface area (Å²) in [5.41, 5.74) is 1.16. The predicted molar refractivity (Wildman–Crippen MR) is 83.9 cm³/mol. The molecule has 1 unspecified atom stereocenters. The molecule has 1 saturated heterocycles. The molecule has 0 bridgehead atoms. The number of rotatable bonds is 5. The Morgan fingerprint density at radius 2 is 1.81 bits per heavy atom. The minimum absolute atomic E-state index is 0.194. The zero-order valence-electron chi connectivity index (χ0n) is 13.1. The van der Waals surface area contributed by atoms with Crippen molar-refractivity contribution in [1.29, 1.82) is 0 Å².